The van der Waals surface area contributed by atoms with E-state index in [0.717, 1.165) is 11.1 Å². The summed E-state index contributed by atoms with van der Waals surface area (Å²) in [6.07, 6.45) is 3.86. The highest BCUT2D eigenvalue weighted by atomic mass is 35.5. The molecule has 0 saturated heterocycles. The Morgan fingerprint density at radius 1 is 1.47 bits per heavy atom. The molecule has 0 spiro atoms. The predicted molar refractivity (Wildman–Crippen MR) is 67.4 cm³/mol. The van der Waals surface area contributed by atoms with Crippen LogP contribution in [-0.4, -0.2) is 15.6 Å². The van der Waals surface area contributed by atoms with E-state index >= 15 is 0 Å². The third-order valence-electron chi connectivity index (χ3n) is 2.55. The van der Waals surface area contributed by atoms with Crippen molar-refractivity contribution in [1.82, 2.24) is 9.78 Å². The molecule has 0 aliphatic carbocycles. The van der Waals surface area contributed by atoms with Crippen molar-refractivity contribution in [2.24, 2.45) is 7.05 Å². The fraction of sp³-hybridized carbons (Fsp3) is 0.231. The second kappa shape index (κ2) is 4.72. The van der Waals surface area contributed by atoms with Crippen LogP contribution < -0.4 is 0 Å². The first-order valence-corrected chi connectivity index (χ1v) is 5.71. The Bertz CT molecular complexity index is 560. The number of hydrogen-bond acceptors (Lipinski definition) is 2. The molecule has 17 heavy (non-hydrogen) atoms. The molecule has 0 atom stereocenters. The predicted octanol–water partition coefficient (Wildman–Crippen LogP) is 2.81. The van der Waals surface area contributed by atoms with Gasteiger partial charge < -0.3 is 0 Å². The monoisotopic (exact) mass is 248 g/mol. The molecule has 2 rings (SSSR count). The van der Waals surface area contributed by atoms with Crippen molar-refractivity contribution in [1.29, 1.82) is 0 Å². The van der Waals surface area contributed by atoms with E-state index < -0.39 is 0 Å². The Morgan fingerprint density at radius 3 is 2.82 bits per heavy atom. The third-order valence-corrected chi connectivity index (χ3v) is 2.86. The molecule has 88 valence electrons. The van der Waals surface area contributed by atoms with Gasteiger partial charge in [-0.25, -0.2) is 0 Å². The van der Waals surface area contributed by atoms with Crippen LogP contribution in [0.2, 0.25) is 5.02 Å². The number of rotatable bonds is 3. The summed E-state index contributed by atoms with van der Waals surface area (Å²) < 4.78 is 1.68. The summed E-state index contributed by atoms with van der Waals surface area (Å²) in [7, 11) is 1.83. The zero-order chi connectivity index (χ0) is 12.4. The van der Waals surface area contributed by atoms with E-state index in [4.69, 9.17) is 11.6 Å². The fourth-order valence-corrected chi connectivity index (χ4v) is 2.03. The van der Waals surface area contributed by atoms with E-state index in [9.17, 15) is 4.79 Å². The number of aromatic nitrogens is 2. The molecule has 0 aliphatic rings. The number of nitrogens with zero attached hydrogens (tertiary/aromatic N) is 2. The number of halogens is 1. The zero-order valence-electron chi connectivity index (χ0n) is 9.77. The molecular weight excluding hydrogens is 236 g/mol. The Balaban J connectivity index is 2.20. The van der Waals surface area contributed by atoms with Crippen molar-refractivity contribution in [3.63, 3.8) is 0 Å². The first-order chi connectivity index (χ1) is 8.06. The van der Waals surface area contributed by atoms with Crippen LogP contribution in [0.5, 0.6) is 0 Å². The van der Waals surface area contributed by atoms with Gasteiger partial charge in [0.05, 0.1) is 11.2 Å². The number of hydrogen-bond donors (Lipinski definition) is 0. The normalized spacial score (nSPS) is 10.5. The summed E-state index contributed by atoms with van der Waals surface area (Å²) in [4.78, 5) is 12.0. The van der Waals surface area contributed by atoms with Crippen LogP contribution in [0, 0.1) is 6.92 Å². The van der Waals surface area contributed by atoms with Gasteiger partial charge in [-0.1, -0.05) is 17.7 Å². The summed E-state index contributed by atoms with van der Waals surface area (Å²) in [5.41, 5.74) is 2.52. The second-order valence-corrected chi connectivity index (χ2v) is 4.51. The maximum Gasteiger partial charge on any atom is 0.168 e. The van der Waals surface area contributed by atoms with Crippen LogP contribution in [0.3, 0.4) is 0 Å². The number of aryl methyl sites for hydroxylation is 2. The molecule has 1 heterocycles. The summed E-state index contributed by atoms with van der Waals surface area (Å²) >= 11 is 6.05. The third kappa shape index (κ3) is 2.74. The zero-order valence-corrected chi connectivity index (χ0v) is 10.5. The number of ketones is 1. The van der Waals surface area contributed by atoms with Crippen LogP contribution in [0.4, 0.5) is 0 Å². The average Bonchev–Trinajstić information content (AvgIpc) is 2.63. The van der Waals surface area contributed by atoms with Gasteiger partial charge in [-0.05, 0) is 30.2 Å². The minimum absolute atomic E-state index is 0.0167. The van der Waals surface area contributed by atoms with Crippen LogP contribution >= 0.6 is 11.6 Å². The van der Waals surface area contributed by atoms with Gasteiger partial charge in [0.2, 0.25) is 0 Å². The molecule has 1 aromatic carbocycles. The largest absolute Gasteiger partial charge is 0.294 e. The summed E-state index contributed by atoms with van der Waals surface area (Å²) in [6.45, 7) is 1.95. The van der Waals surface area contributed by atoms with Crippen molar-refractivity contribution < 1.29 is 4.79 Å². The lowest BCUT2D eigenvalue weighted by molar-refractivity contribution is 0.0993. The van der Waals surface area contributed by atoms with Gasteiger partial charge in [0.25, 0.3) is 0 Å². The van der Waals surface area contributed by atoms with E-state index in [1.807, 2.05) is 26.2 Å². The number of benzene rings is 1. The van der Waals surface area contributed by atoms with Crippen molar-refractivity contribution in [2.45, 2.75) is 13.3 Å². The molecule has 0 bridgehead atoms. The van der Waals surface area contributed by atoms with Gasteiger partial charge in [-0.15, -0.1) is 0 Å². The lowest BCUT2D eigenvalue weighted by Gasteiger charge is -2.03. The van der Waals surface area contributed by atoms with Crippen molar-refractivity contribution in [3.8, 4) is 0 Å². The van der Waals surface area contributed by atoms with E-state index in [-0.39, 0.29) is 5.78 Å². The van der Waals surface area contributed by atoms with Gasteiger partial charge in [0.1, 0.15) is 0 Å². The summed E-state index contributed by atoms with van der Waals surface area (Å²) in [5, 5.41) is 4.54. The minimum Gasteiger partial charge on any atom is -0.294 e. The topological polar surface area (TPSA) is 34.9 Å². The van der Waals surface area contributed by atoms with Gasteiger partial charge in [0.15, 0.2) is 5.78 Å². The van der Waals surface area contributed by atoms with Crippen LogP contribution in [-0.2, 0) is 13.5 Å². The van der Waals surface area contributed by atoms with Gasteiger partial charge in [0, 0.05) is 25.2 Å². The van der Waals surface area contributed by atoms with E-state index in [1.165, 1.54) is 0 Å². The first kappa shape index (κ1) is 11.9. The van der Waals surface area contributed by atoms with Gasteiger partial charge in [-0.2, -0.15) is 5.10 Å². The highest BCUT2D eigenvalue weighted by Gasteiger charge is 2.11. The Morgan fingerprint density at radius 2 is 2.24 bits per heavy atom. The standard InChI is InChI=1S/C13H13ClN2O/c1-9-3-4-11(12(14)5-9)13(17)6-10-7-15-16(2)8-10/h3-5,7-8H,6H2,1-2H3. The SMILES string of the molecule is Cc1ccc(C(=O)Cc2cnn(C)c2)c(Cl)c1. The fourth-order valence-electron chi connectivity index (χ4n) is 1.69. The molecule has 0 unspecified atom stereocenters. The van der Waals surface area contributed by atoms with Crippen molar-refractivity contribution >= 4 is 17.4 Å². The minimum atomic E-state index is 0.0167. The lowest BCUT2D eigenvalue weighted by atomic mass is 10.0. The van der Waals surface area contributed by atoms with E-state index in [0.29, 0.717) is 17.0 Å². The van der Waals surface area contributed by atoms with E-state index in [2.05, 4.69) is 5.10 Å². The van der Waals surface area contributed by atoms with Crippen molar-refractivity contribution in [2.75, 3.05) is 0 Å². The Labute approximate surface area is 105 Å². The molecular formula is C13H13ClN2O. The molecule has 4 heteroatoms. The van der Waals surface area contributed by atoms with Crippen LogP contribution in [0.25, 0.3) is 0 Å². The van der Waals surface area contributed by atoms with Gasteiger partial charge >= 0.3 is 0 Å². The highest BCUT2D eigenvalue weighted by molar-refractivity contribution is 6.34. The lowest BCUT2D eigenvalue weighted by Crippen LogP contribution is -2.04. The summed E-state index contributed by atoms with van der Waals surface area (Å²) in [6, 6.07) is 5.47. The highest BCUT2D eigenvalue weighted by Crippen LogP contribution is 2.19. The number of carbonyl (C=O) groups is 1. The first-order valence-electron chi connectivity index (χ1n) is 5.33. The Kier molecular flexibility index (Phi) is 3.29. The molecule has 2 aromatic rings. The maximum atomic E-state index is 12.0. The van der Waals surface area contributed by atoms with Crippen molar-refractivity contribution in [3.05, 3.63) is 52.3 Å². The molecule has 0 saturated carbocycles. The summed E-state index contributed by atoms with van der Waals surface area (Å²) in [5.74, 6) is 0.0167. The van der Waals surface area contributed by atoms with Crippen LogP contribution in [0.15, 0.2) is 30.6 Å². The smallest absolute Gasteiger partial charge is 0.168 e. The number of carbonyl (C=O) groups excluding carboxylic acids is 1. The molecule has 0 fully saturated rings. The molecule has 3 nitrogen and oxygen atoms in total. The molecule has 0 aliphatic heterocycles. The molecule has 0 N–H and O–H groups in total. The number of Topliss-reactive ketones (excluding diaryl/α,β-unsaturated/α-hetero) is 1. The maximum absolute atomic E-state index is 12.0. The van der Waals surface area contributed by atoms with E-state index in [1.54, 1.807) is 23.0 Å². The van der Waals surface area contributed by atoms with Gasteiger partial charge in [-0.3, -0.25) is 9.48 Å². The van der Waals surface area contributed by atoms with Crippen LogP contribution in [0.1, 0.15) is 21.5 Å². The molecule has 0 amide bonds. The average molecular weight is 249 g/mol. The second-order valence-electron chi connectivity index (χ2n) is 4.11. The molecule has 1 aromatic heterocycles. The molecule has 0 radical (unpaired) electrons. The Hall–Kier alpha value is -1.61. The quantitative estimate of drug-likeness (QED) is 0.783.